The Morgan fingerprint density at radius 1 is 1.22 bits per heavy atom. The second-order valence-corrected chi connectivity index (χ2v) is 5.30. The second kappa shape index (κ2) is 5.39. The van der Waals surface area contributed by atoms with Crippen molar-refractivity contribution in [2.75, 3.05) is 0 Å². The fraction of sp³-hybridized carbons (Fsp3) is 0.250. The molecule has 0 amide bonds. The van der Waals surface area contributed by atoms with Crippen molar-refractivity contribution in [1.29, 1.82) is 0 Å². The molecular weight excluding hydrogens is 240 g/mol. The summed E-state index contributed by atoms with van der Waals surface area (Å²) in [5.41, 5.74) is 0.984. The Labute approximate surface area is 112 Å². The Balaban J connectivity index is 2.20. The normalized spacial score (nSPS) is 15.3. The largest absolute Gasteiger partial charge is 0.384 e. The van der Waals surface area contributed by atoms with Gasteiger partial charge >= 0.3 is 0 Å². The van der Waals surface area contributed by atoms with Crippen molar-refractivity contribution in [3.63, 3.8) is 0 Å². The van der Waals surface area contributed by atoms with Gasteiger partial charge in [0.1, 0.15) is 5.60 Å². The molecule has 92 valence electrons. The first-order valence-corrected chi connectivity index (χ1v) is 6.86. The Morgan fingerprint density at radius 2 is 1.94 bits per heavy atom. The van der Waals surface area contributed by atoms with Gasteiger partial charge in [-0.2, -0.15) is 11.3 Å². The summed E-state index contributed by atoms with van der Waals surface area (Å²) < 4.78 is 0. The highest BCUT2D eigenvalue weighted by atomic mass is 32.1. The van der Waals surface area contributed by atoms with Crippen LogP contribution in [-0.4, -0.2) is 5.11 Å². The van der Waals surface area contributed by atoms with E-state index < -0.39 is 5.60 Å². The highest BCUT2D eigenvalue weighted by molar-refractivity contribution is 7.08. The molecule has 0 radical (unpaired) electrons. The van der Waals surface area contributed by atoms with Crippen molar-refractivity contribution in [1.82, 2.24) is 0 Å². The molecule has 18 heavy (non-hydrogen) atoms. The number of benzene rings is 1. The van der Waals surface area contributed by atoms with E-state index in [2.05, 4.69) is 11.8 Å². The van der Waals surface area contributed by atoms with Gasteiger partial charge in [-0.25, -0.2) is 0 Å². The van der Waals surface area contributed by atoms with Gasteiger partial charge in [0.25, 0.3) is 0 Å². The predicted molar refractivity (Wildman–Crippen MR) is 76.4 cm³/mol. The van der Waals surface area contributed by atoms with Crippen LogP contribution in [0.25, 0.3) is 0 Å². The fourth-order valence-corrected chi connectivity index (χ4v) is 2.28. The molecule has 2 rings (SSSR count). The van der Waals surface area contributed by atoms with Crippen molar-refractivity contribution in [3.05, 3.63) is 58.3 Å². The smallest absolute Gasteiger partial charge is 0.100 e. The molecule has 0 spiro atoms. The summed E-state index contributed by atoms with van der Waals surface area (Å²) in [6.07, 6.45) is 0. The van der Waals surface area contributed by atoms with E-state index in [0.29, 0.717) is 0 Å². The lowest BCUT2D eigenvalue weighted by molar-refractivity contribution is 0.0240. The third kappa shape index (κ3) is 2.81. The maximum Gasteiger partial charge on any atom is 0.100 e. The zero-order valence-electron chi connectivity index (χ0n) is 10.6. The lowest BCUT2D eigenvalue weighted by atomic mass is 9.84. The molecule has 2 aromatic rings. The lowest BCUT2D eigenvalue weighted by Crippen LogP contribution is -2.28. The van der Waals surface area contributed by atoms with E-state index in [1.807, 2.05) is 61.0 Å². The molecule has 1 aromatic carbocycles. The van der Waals surface area contributed by atoms with Gasteiger partial charge in [-0.15, -0.1) is 0 Å². The Bertz CT molecular complexity index is 544. The summed E-state index contributed by atoms with van der Waals surface area (Å²) in [5.74, 6) is 6.11. The van der Waals surface area contributed by atoms with E-state index in [9.17, 15) is 5.11 Å². The molecule has 1 nitrogen and oxygen atoms in total. The number of rotatable bonds is 2. The van der Waals surface area contributed by atoms with Crippen molar-refractivity contribution in [2.24, 2.45) is 5.92 Å². The van der Waals surface area contributed by atoms with Crippen LogP contribution >= 0.6 is 11.3 Å². The van der Waals surface area contributed by atoms with Gasteiger partial charge in [0.15, 0.2) is 0 Å². The zero-order chi connectivity index (χ0) is 13.0. The van der Waals surface area contributed by atoms with Crippen LogP contribution in [0.3, 0.4) is 0 Å². The molecule has 0 unspecified atom stereocenters. The van der Waals surface area contributed by atoms with E-state index in [1.54, 1.807) is 11.3 Å². The van der Waals surface area contributed by atoms with Crippen LogP contribution in [-0.2, 0) is 5.60 Å². The van der Waals surface area contributed by atoms with Gasteiger partial charge in [0.2, 0.25) is 0 Å². The molecular formula is C16H16OS. The first kappa shape index (κ1) is 12.9. The zero-order valence-corrected chi connectivity index (χ0v) is 11.4. The Hall–Kier alpha value is -1.56. The minimum atomic E-state index is -0.926. The van der Waals surface area contributed by atoms with Crippen LogP contribution in [0.1, 0.15) is 25.0 Å². The van der Waals surface area contributed by atoms with Crippen molar-refractivity contribution < 1.29 is 5.11 Å². The van der Waals surface area contributed by atoms with E-state index in [1.165, 1.54) is 0 Å². The van der Waals surface area contributed by atoms with Crippen LogP contribution in [0.4, 0.5) is 0 Å². The number of thiophene rings is 1. The molecule has 1 N–H and O–H groups in total. The van der Waals surface area contributed by atoms with Gasteiger partial charge in [-0.1, -0.05) is 42.2 Å². The summed E-state index contributed by atoms with van der Waals surface area (Å²) in [4.78, 5) is 0. The SMILES string of the molecule is C[C@@H](C#Cc1ccsc1)[C@@](C)(O)c1ccccc1. The Morgan fingerprint density at radius 3 is 2.56 bits per heavy atom. The van der Waals surface area contributed by atoms with Crippen molar-refractivity contribution in [2.45, 2.75) is 19.4 Å². The van der Waals surface area contributed by atoms with E-state index >= 15 is 0 Å². The van der Waals surface area contributed by atoms with Crippen LogP contribution in [0.15, 0.2) is 47.2 Å². The molecule has 0 saturated heterocycles. The van der Waals surface area contributed by atoms with Crippen LogP contribution < -0.4 is 0 Å². The molecule has 0 fully saturated rings. The topological polar surface area (TPSA) is 20.2 Å². The summed E-state index contributed by atoms with van der Waals surface area (Å²) in [6, 6.07) is 11.7. The average molecular weight is 256 g/mol. The summed E-state index contributed by atoms with van der Waals surface area (Å²) in [6.45, 7) is 3.77. The van der Waals surface area contributed by atoms with Crippen molar-refractivity contribution in [3.8, 4) is 11.8 Å². The fourth-order valence-electron chi connectivity index (χ4n) is 1.69. The highest BCUT2D eigenvalue weighted by Gasteiger charge is 2.28. The van der Waals surface area contributed by atoms with Crippen molar-refractivity contribution >= 4 is 11.3 Å². The standard InChI is InChI=1S/C16H16OS/c1-13(8-9-14-10-11-18-12-14)16(2,17)15-6-4-3-5-7-15/h3-7,10-13,17H,1-2H3/t13-,16+/m0/s1. The minimum absolute atomic E-state index is 0.125. The second-order valence-electron chi connectivity index (χ2n) is 4.52. The first-order valence-electron chi connectivity index (χ1n) is 5.92. The molecule has 0 aliphatic rings. The molecule has 2 atom stereocenters. The summed E-state index contributed by atoms with van der Waals surface area (Å²) in [5, 5.41) is 14.6. The molecule has 0 aliphatic heterocycles. The minimum Gasteiger partial charge on any atom is -0.384 e. The molecule has 2 heteroatoms. The molecule has 1 heterocycles. The summed E-state index contributed by atoms with van der Waals surface area (Å²) in [7, 11) is 0. The monoisotopic (exact) mass is 256 g/mol. The molecule has 0 aliphatic carbocycles. The molecule has 0 saturated carbocycles. The number of hydrogen-bond donors (Lipinski definition) is 1. The number of hydrogen-bond acceptors (Lipinski definition) is 2. The third-order valence-electron chi connectivity index (χ3n) is 3.16. The Kier molecular flexibility index (Phi) is 3.86. The predicted octanol–water partition coefficient (Wildman–Crippen LogP) is 3.64. The van der Waals surface area contributed by atoms with E-state index in [4.69, 9.17) is 0 Å². The maximum absolute atomic E-state index is 10.6. The summed E-state index contributed by atoms with van der Waals surface area (Å²) >= 11 is 1.63. The van der Waals surface area contributed by atoms with Crippen LogP contribution in [0, 0.1) is 17.8 Å². The van der Waals surface area contributed by atoms with Gasteiger partial charge in [0, 0.05) is 10.9 Å². The van der Waals surface area contributed by atoms with E-state index in [-0.39, 0.29) is 5.92 Å². The van der Waals surface area contributed by atoms with Gasteiger partial charge in [0.05, 0.1) is 5.92 Å². The lowest BCUT2D eigenvalue weighted by Gasteiger charge is -2.27. The highest BCUT2D eigenvalue weighted by Crippen LogP contribution is 2.28. The van der Waals surface area contributed by atoms with Crippen LogP contribution in [0.5, 0.6) is 0 Å². The van der Waals surface area contributed by atoms with Gasteiger partial charge < -0.3 is 5.11 Å². The molecule has 0 bridgehead atoms. The van der Waals surface area contributed by atoms with E-state index in [0.717, 1.165) is 11.1 Å². The third-order valence-corrected chi connectivity index (χ3v) is 3.84. The first-order chi connectivity index (χ1) is 8.60. The number of aliphatic hydroxyl groups is 1. The average Bonchev–Trinajstić information content (AvgIpc) is 2.90. The van der Waals surface area contributed by atoms with Gasteiger partial charge in [-0.3, -0.25) is 0 Å². The maximum atomic E-state index is 10.6. The quantitative estimate of drug-likeness (QED) is 0.813. The van der Waals surface area contributed by atoms with Gasteiger partial charge in [-0.05, 0) is 30.9 Å². The molecule has 1 aromatic heterocycles. The van der Waals surface area contributed by atoms with Crippen LogP contribution in [0.2, 0.25) is 0 Å².